The molecule has 0 aromatic heterocycles. The molecule has 1 unspecified atom stereocenters. The number of rotatable bonds is 8. The molecule has 2 heterocycles. The number of amides is 1. The van der Waals surface area contributed by atoms with Gasteiger partial charge in [0.25, 0.3) is 0 Å². The summed E-state index contributed by atoms with van der Waals surface area (Å²) in [5, 5.41) is 3.14. The van der Waals surface area contributed by atoms with Crippen LogP contribution in [-0.4, -0.2) is 49.2 Å². The second kappa shape index (κ2) is 9.41. The van der Waals surface area contributed by atoms with E-state index in [1.807, 2.05) is 0 Å². The number of nitrogens with zero attached hydrogens (tertiary/aromatic N) is 1. The molecule has 4 heteroatoms. The highest BCUT2D eigenvalue weighted by Crippen LogP contribution is 2.38. The molecule has 1 atom stereocenters. The molecule has 0 radical (unpaired) electrons. The Labute approximate surface area is 170 Å². The van der Waals surface area contributed by atoms with Crippen molar-refractivity contribution in [1.29, 1.82) is 0 Å². The van der Waals surface area contributed by atoms with Crippen molar-refractivity contribution >= 4 is 5.91 Å². The fraction of sp³-hybridized carbons (Fsp3) is 0.708. The van der Waals surface area contributed by atoms with Gasteiger partial charge >= 0.3 is 0 Å². The number of likely N-dealkylation sites (tertiary alicyclic amines) is 1. The highest BCUT2D eigenvalue weighted by Gasteiger charge is 2.40. The van der Waals surface area contributed by atoms with Crippen molar-refractivity contribution < 1.29 is 9.53 Å². The summed E-state index contributed by atoms with van der Waals surface area (Å²) in [4.78, 5) is 14.4. The molecule has 1 saturated carbocycles. The van der Waals surface area contributed by atoms with E-state index in [4.69, 9.17) is 4.74 Å². The van der Waals surface area contributed by atoms with Gasteiger partial charge in [0.1, 0.15) is 0 Å². The normalized spacial score (nSPS) is 24.9. The highest BCUT2D eigenvalue weighted by atomic mass is 16.5. The lowest BCUT2D eigenvalue weighted by Gasteiger charge is -2.46. The molecule has 2 saturated heterocycles. The van der Waals surface area contributed by atoms with Gasteiger partial charge in [-0.2, -0.15) is 0 Å². The Kier molecular flexibility index (Phi) is 6.69. The Morgan fingerprint density at radius 2 is 1.93 bits per heavy atom. The molecule has 1 N–H and O–H groups in total. The number of carbonyl (C=O) groups is 1. The predicted octanol–water partition coefficient (Wildman–Crippen LogP) is 3.80. The maximum atomic E-state index is 11.8. The monoisotopic (exact) mass is 384 g/mol. The van der Waals surface area contributed by atoms with Crippen LogP contribution in [0.1, 0.15) is 56.9 Å². The van der Waals surface area contributed by atoms with Crippen LogP contribution >= 0.6 is 0 Å². The van der Waals surface area contributed by atoms with E-state index in [0.29, 0.717) is 11.8 Å². The van der Waals surface area contributed by atoms with Crippen LogP contribution in [0, 0.1) is 11.8 Å². The maximum Gasteiger partial charge on any atom is 0.223 e. The van der Waals surface area contributed by atoms with Crippen molar-refractivity contribution in [1.82, 2.24) is 10.2 Å². The lowest BCUT2D eigenvalue weighted by Crippen LogP contribution is -2.49. The largest absolute Gasteiger partial charge is 0.375 e. The van der Waals surface area contributed by atoms with Crippen LogP contribution in [0.25, 0.3) is 0 Å². The summed E-state index contributed by atoms with van der Waals surface area (Å²) >= 11 is 0. The first kappa shape index (κ1) is 19.9. The summed E-state index contributed by atoms with van der Waals surface area (Å²) < 4.78 is 6.32. The van der Waals surface area contributed by atoms with Gasteiger partial charge in [0.05, 0.1) is 5.60 Å². The van der Waals surface area contributed by atoms with Crippen molar-refractivity contribution in [3.8, 4) is 0 Å². The number of aryl methyl sites for hydroxylation is 1. The van der Waals surface area contributed by atoms with E-state index in [1.54, 1.807) is 0 Å². The molecule has 1 aliphatic carbocycles. The van der Waals surface area contributed by atoms with Crippen LogP contribution in [0.3, 0.4) is 0 Å². The summed E-state index contributed by atoms with van der Waals surface area (Å²) in [6.07, 6.45) is 10.4. The van der Waals surface area contributed by atoms with Gasteiger partial charge in [-0.3, -0.25) is 4.79 Å². The van der Waals surface area contributed by atoms with Crippen molar-refractivity contribution in [3.05, 3.63) is 35.9 Å². The Balaban J connectivity index is 1.15. The minimum atomic E-state index is 0.110. The molecular weight excluding hydrogens is 348 g/mol. The van der Waals surface area contributed by atoms with Crippen LogP contribution < -0.4 is 5.32 Å². The standard InChI is InChI=1S/C24H36N2O2/c27-23(22-8-9-22)25-14-10-21-11-18-28-24(19-21)12-16-26(17-13-24)15-4-7-20-5-2-1-3-6-20/h1-3,5-6,21-22H,4,7-19H2,(H,25,27). The molecule has 0 bridgehead atoms. The van der Waals surface area contributed by atoms with Gasteiger partial charge in [-0.15, -0.1) is 0 Å². The van der Waals surface area contributed by atoms with Crippen molar-refractivity contribution in [3.63, 3.8) is 0 Å². The van der Waals surface area contributed by atoms with E-state index in [2.05, 4.69) is 40.5 Å². The van der Waals surface area contributed by atoms with Gasteiger partial charge in [0, 0.05) is 32.2 Å². The fourth-order valence-electron chi connectivity index (χ4n) is 4.95. The third-order valence-electron chi connectivity index (χ3n) is 6.94. The summed E-state index contributed by atoms with van der Waals surface area (Å²) in [5.74, 6) is 1.32. The molecule has 3 fully saturated rings. The third kappa shape index (κ3) is 5.57. The van der Waals surface area contributed by atoms with Crippen LogP contribution in [-0.2, 0) is 16.0 Å². The van der Waals surface area contributed by atoms with E-state index in [-0.39, 0.29) is 11.5 Å². The van der Waals surface area contributed by atoms with Crippen LogP contribution in [0.4, 0.5) is 0 Å². The molecule has 4 rings (SSSR count). The first-order valence-electron chi connectivity index (χ1n) is 11.4. The van der Waals surface area contributed by atoms with Gasteiger partial charge in [-0.05, 0) is 75.8 Å². The summed E-state index contributed by atoms with van der Waals surface area (Å²) in [7, 11) is 0. The van der Waals surface area contributed by atoms with E-state index in [0.717, 1.165) is 38.8 Å². The van der Waals surface area contributed by atoms with Crippen LogP contribution in [0.15, 0.2) is 30.3 Å². The first-order chi connectivity index (χ1) is 13.7. The van der Waals surface area contributed by atoms with Gasteiger partial charge in [-0.25, -0.2) is 0 Å². The number of piperidine rings is 1. The number of nitrogens with one attached hydrogen (secondary N) is 1. The van der Waals surface area contributed by atoms with Crippen molar-refractivity contribution in [2.75, 3.05) is 32.8 Å². The molecule has 1 aromatic carbocycles. The quantitative estimate of drug-likeness (QED) is 0.741. The SMILES string of the molecule is O=C(NCCC1CCOC2(CCN(CCCc3ccccc3)CC2)C1)C1CC1. The average molecular weight is 385 g/mol. The highest BCUT2D eigenvalue weighted by molar-refractivity contribution is 5.80. The zero-order valence-corrected chi connectivity index (χ0v) is 17.2. The topological polar surface area (TPSA) is 41.6 Å². The van der Waals surface area contributed by atoms with E-state index < -0.39 is 0 Å². The van der Waals surface area contributed by atoms with Gasteiger partial charge < -0.3 is 15.0 Å². The summed E-state index contributed by atoms with van der Waals surface area (Å²) in [6.45, 7) is 5.28. The van der Waals surface area contributed by atoms with E-state index >= 15 is 0 Å². The number of carbonyl (C=O) groups excluding carboxylic acids is 1. The van der Waals surface area contributed by atoms with Gasteiger partial charge in [-0.1, -0.05) is 30.3 Å². The molecule has 1 spiro atoms. The minimum absolute atomic E-state index is 0.110. The number of hydrogen-bond acceptors (Lipinski definition) is 3. The number of benzene rings is 1. The predicted molar refractivity (Wildman–Crippen MR) is 112 cm³/mol. The second-order valence-corrected chi connectivity index (χ2v) is 9.18. The average Bonchev–Trinajstić information content (AvgIpc) is 3.56. The lowest BCUT2D eigenvalue weighted by atomic mass is 9.78. The lowest BCUT2D eigenvalue weighted by molar-refractivity contribution is -0.128. The fourth-order valence-corrected chi connectivity index (χ4v) is 4.95. The maximum absolute atomic E-state index is 11.8. The molecule has 28 heavy (non-hydrogen) atoms. The zero-order chi connectivity index (χ0) is 19.2. The minimum Gasteiger partial charge on any atom is -0.375 e. The summed E-state index contributed by atoms with van der Waals surface area (Å²) in [5.41, 5.74) is 1.56. The van der Waals surface area contributed by atoms with E-state index in [9.17, 15) is 4.79 Å². The Morgan fingerprint density at radius 1 is 1.14 bits per heavy atom. The number of hydrogen-bond donors (Lipinski definition) is 1. The third-order valence-corrected chi connectivity index (χ3v) is 6.94. The molecule has 3 aliphatic rings. The molecule has 1 amide bonds. The Morgan fingerprint density at radius 3 is 2.68 bits per heavy atom. The Hall–Kier alpha value is -1.39. The van der Waals surface area contributed by atoms with Crippen molar-refractivity contribution in [2.45, 2.75) is 63.4 Å². The molecule has 154 valence electrons. The zero-order valence-electron chi connectivity index (χ0n) is 17.2. The van der Waals surface area contributed by atoms with Gasteiger partial charge in [0.15, 0.2) is 0 Å². The van der Waals surface area contributed by atoms with Crippen molar-refractivity contribution in [2.24, 2.45) is 11.8 Å². The number of ether oxygens (including phenoxy) is 1. The Bertz CT molecular complexity index is 621. The summed E-state index contributed by atoms with van der Waals surface area (Å²) in [6, 6.07) is 10.8. The first-order valence-corrected chi connectivity index (χ1v) is 11.4. The van der Waals surface area contributed by atoms with Crippen LogP contribution in [0.2, 0.25) is 0 Å². The molecule has 1 aromatic rings. The van der Waals surface area contributed by atoms with E-state index in [1.165, 1.54) is 57.3 Å². The molecule has 2 aliphatic heterocycles. The van der Waals surface area contributed by atoms with Gasteiger partial charge in [0.2, 0.25) is 5.91 Å². The molecular formula is C24H36N2O2. The smallest absolute Gasteiger partial charge is 0.223 e. The second-order valence-electron chi connectivity index (χ2n) is 9.18. The van der Waals surface area contributed by atoms with Crippen LogP contribution in [0.5, 0.6) is 0 Å². The molecule has 4 nitrogen and oxygen atoms in total.